The van der Waals surface area contributed by atoms with Gasteiger partial charge in [0.2, 0.25) is 0 Å². The third kappa shape index (κ3) is 3.48. The fourth-order valence-corrected chi connectivity index (χ4v) is 5.27. The number of methoxy groups -OCH3 is 1. The summed E-state index contributed by atoms with van der Waals surface area (Å²) >= 11 is 0. The van der Waals surface area contributed by atoms with Gasteiger partial charge >= 0.3 is 5.97 Å². The summed E-state index contributed by atoms with van der Waals surface area (Å²) in [5.41, 5.74) is 3.46. The largest absolute Gasteiger partial charge is 0.469 e. The SMILES string of the molecule is COC(=O)C1C(CC#N)C1c1cn(C(c2ccccc2)(c2ccccc2)c2ccccc2)cn1. The molecule has 34 heavy (non-hydrogen) atoms. The zero-order valence-corrected chi connectivity index (χ0v) is 18.9. The average Bonchev–Trinajstić information content (AvgIpc) is 3.39. The molecule has 0 spiro atoms. The minimum absolute atomic E-state index is 0.0691. The van der Waals surface area contributed by atoms with Crippen molar-refractivity contribution >= 4 is 5.97 Å². The highest BCUT2D eigenvalue weighted by molar-refractivity contribution is 5.78. The Kier molecular flexibility index (Phi) is 5.73. The molecule has 5 heteroatoms. The molecule has 168 valence electrons. The lowest BCUT2D eigenvalue weighted by Crippen LogP contribution is -2.36. The number of aromatic nitrogens is 2. The van der Waals surface area contributed by atoms with Crippen LogP contribution in [-0.4, -0.2) is 22.6 Å². The summed E-state index contributed by atoms with van der Waals surface area (Å²) < 4.78 is 7.14. The Balaban J connectivity index is 1.70. The van der Waals surface area contributed by atoms with Crippen LogP contribution in [0.1, 0.15) is 34.7 Å². The van der Waals surface area contributed by atoms with Gasteiger partial charge in [-0.25, -0.2) is 4.98 Å². The fraction of sp³-hybridized carbons (Fsp3) is 0.207. The Morgan fingerprint density at radius 2 is 1.44 bits per heavy atom. The molecule has 1 aliphatic carbocycles. The minimum Gasteiger partial charge on any atom is -0.469 e. The van der Waals surface area contributed by atoms with Crippen molar-refractivity contribution in [3.05, 3.63) is 126 Å². The Bertz CT molecular complexity index is 1210. The summed E-state index contributed by atoms with van der Waals surface area (Å²) in [6.45, 7) is 0. The van der Waals surface area contributed by atoms with Crippen LogP contribution in [0.25, 0.3) is 0 Å². The second-order valence-electron chi connectivity index (χ2n) is 8.62. The minimum atomic E-state index is -0.657. The maximum absolute atomic E-state index is 12.3. The molecule has 1 fully saturated rings. The van der Waals surface area contributed by atoms with Crippen molar-refractivity contribution in [2.24, 2.45) is 11.8 Å². The molecule has 0 bridgehead atoms. The van der Waals surface area contributed by atoms with Gasteiger partial charge in [0, 0.05) is 18.5 Å². The van der Waals surface area contributed by atoms with Gasteiger partial charge in [-0.1, -0.05) is 91.0 Å². The first-order valence-electron chi connectivity index (χ1n) is 11.4. The molecule has 1 aliphatic rings. The van der Waals surface area contributed by atoms with Gasteiger partial charge in [-0.3, -0.25) is 4.79 Å². The van der Waals surface area contributed by atoms with Crippen LogP contribution in [0.3, 0.4) is 0 Å². The molecule has 4 aromatic rings. The van der Waals surface area contributed by atoms with Crippen LogP contribution >= 0.6 is 0 Å². The van der Waals surface area contributed by atoms with Crippen LogP contribution in [-0.2, 0) is 15.1 Å². The maximum Gasteiger partial charge on any atom is 0.309 e. The Labute approximate surface area is 199 Å². The number of imidazole rings is 1. The molecule has 3 aromatic carbocycles. The van der Waals surface area contributed by atoms with E-state index < -0.39 is 5.54 Å². The van der Waals surface area contributed by atoms with Crippen molar-refractivity contribution in [3.63, 3.8) is 0 Å². The van der Waals surface area contributed by atoms with Crippen LogP contribution in [0.15, 0.2) is 104 Å². The van der Waals surface area contributed by atoms with Crippen LogP contribution in [0.2, 0.25) is 0 Å². The van der Waals surface area contributed by atoms with Gasteiger partial charge < -0.3 is 9.30 Å². The standard InChI is InChI=1S/C29H25N3O2/c1-34-28(33)27-24(17-18-30)26(27)25-19-32(20-31-25)29(21-11-5-2-6-12-21,22-13-7-3-8-14-22)23-15-9-4-10-16-23/h2-16,19-20,24,26-27H,17H2,1H3. The van der Waals surface area contributed by atoms with Crippen LogP contribution in [0.4, 0.5) is 0 Å². The molecule has 0 amide bonds. The molecule has 1 heterocycles. The lowest BCUT2D eigenvalue weighted by molar-refractivity contribution is -0.142. The van der Waals surface area contributed by atoms with Gasteiger partial charge in [-0.05, 0) is 22.6 Å². The number of hydrogen-bond acceptors (Lipinski definition) is 4. The van der Waals surface area contributed by atoms with Crippen molar-refractivity contribution in [2.75, 3.05) is 7.11 Å². The van der Waals surface area contributed by atoms with Gasteiger partial charge in [0.15, 0.2) is 0 Å². The van der Waals surface area contributed by atoms with Crippen molar-refractivity contribution in [1.82, 2.24) is 9.55 Å². The first kappa shape index (κ1) is 21.7. The number of esters is 1. The van der Waals surface area contributed by atoms with E-state index in [0.29, 0.717) is 6.42 Å². The summed E-state index contributed by atoms with van der Waals surface area (Å²) in [6, 6.07) is 33.3. The van der Waals surface area contributed by atoms with E-state index in [4.69, 9.17) is 9.72 Å². The number of nitriles is 1. The summed E-state index contributed by atoms with van der Waals surface area (Å²) in [7, 11) is 1.39. The first-order chi connectivity index (χ1) is 16.7. The molecule has 0 saturated heterocycles. The number of hydrogen-bond donors (Lipinski definition) is 0. The summed E-state index contributed by atoms with van der Waals surface area (Å²) in [6.07, 6.45) is 4.18. The molecule has 3 unspecified atom stereocenters. The second-order valence-corrected chi connectivity index (χ2v) is 8.62. The third-order valence-electron chi connectivity index (χ3n) is 6.87. The highest BCUT2D eigenvalue weighted by atomic mass is 16.5. The van der Waals surface area contributed by atoms with Crippen molar-refractivity contribution < 1.29 is 9.53 Å². The van der Waals surface area contributed by atoms with Gasteiger partial charge in [0.25, 0.3) is 0 Å². The lowest BCUT2D eigenvalue weighted by Gasteiger charge is -2.37. The van der Waals surface area contributed by atoms with E-state index in [1.54, 1.807) is 0 Å². The normalized spacial score (nSPS) is 19.2. The summed E-state index contributed by atoms with van der Waals surface area (Å²) in [5, 5.41) is 9.27. The van der Waals surface area contributed by atoms with E-state index >= 15 is 0 Å². The molecule has 0 radical (unpaired) electrons. The predicted octanol–water partition coefficient (Wildman–Crippen LogP) is 5.14. The Morgan fingerprint density at radius 1 is 0.941 bits per heavy atom. The molecular weight excluding hydrogens is 422 g/mol. The van der Waals surface area contributed by atoms with Gasteiger partial charge in [-0.2, -0.15) is 5.26 Å². The van der Waals surface area contributed by atoms with E-state index in [2.05, 4.69) is 47.0 Å². The number of nitrogens with zero attached hydrogens (tertiary/aromatic N) is 3. The molecule has 1 saturated carbocycles. The van der Waals surface area contributed by atoms with E-state index in [9.17, 15) is 10.1 Å². The van der Waals surface area contributed by atoms with E-state index in [-0.39, 0.29) is 23.7 Å². The molecule has 5 nitrogen and oxygen atoms in total. The zero-order valence-electron chi connectivity index (χ0n) is 18.9. The van der Waals surface area contributed by atoms with Gasteiger partial charge in [0.05, 0.1) is 31.1 Å². The number of carbonyl (C=O) groups is 1. The molecule has 0 aliphatic heterocycles. The molecular formula is C29H25N3O2. The number of rotatable bonds is 7. The molecule has 5 rings (SSSR count). The molecule has 1 aromatic heterocycles. The molecule has 0 N–H and O–H groups in total. The van der Waals surface area contributed by atoms with Crippen LogP contribution in [0.5, 0.6) is 0 Å². The van der Waals surface area contributed by atoms with Gasteiger partial charge in [0.1, 0.15) is 5.54 Å². The highest BCUT2D eigenvalue weighted by Crippen LogP contribution is 2.56. The lowest BCUT2D eigenvalue weighted by atomic mass is 9.77. The number of ether oxygens (including phenoxy) is 1. The van der Waals surface area contributed by atoms with E-state index in [0.717, 1.165) is 22.4 Å². The molecule has 3 atom stereocenters. The van der Waals surface area contributed by atoms with Crippen molar-refractivity contribution in [2.45, 2.75) is 17.9 Å². The topological polar surface area (TPSA) is 67.9 Å². The Hall–Kier alpha value is -4.17. The number of carbonyl (C=O) groups excluding carboxylic acids is 1. The zero-order chi connectivity index (χ0) is 23.5. The quantitative estimate of drug-likeness (QED) is 0.291. The maximum atomic E-state index is 12.3. The highest BCUT2D eigenvalue weighted by Gasteiger charge is 2.57. The second kappa shape index (κ2) is 8.99. The van der Waals surface area contributed by atoms with Crippen molar-refractivity contribution in [1.29, 1.82) is 5.26 Å². The summed E-state index contributed by atoms with van der Waals surface area (Å²) in [5.74, 6) is -0.790. The predicted molar refractivity (Wildman–Crippen MR) is 129 cm³/mol. The fourth-order valence-electron chi connectivity index (χ4n) is 5.27. The van der Waals surface area contributed by atoms with E-state index in [1.807, 2.05) is 67.1 Å². The third-order valence-corrected chi connectivity index (χ3v) is 6.87. The van der Waals surface area contributed by atoms with Crippen molar-refractivity contribution in [3.8, 4) is 6.07 Å². The summed E-state index contributed by atoms with van der Waals surface area (Å²) in [4.78, 5) is 17.1. The first-order valence-corrected chi connectivity index (χ1v) is 11.4. The number of benzene rings is 3. The average molecular weight is 448 g/mol. The smallest absolute Gasteiger partial charge is 0.309 e. The monoisotopic (exact) mass is 447 g/mol. The van der Waals surface area contributed by atoms with E-state index in [1.165, 1.54) is 7.11 Å². The Morgan fingerprint density at radius 3 is 1.88 bits per heavy atom. The van der Waals surface area contributed by atoms with Crippen LogP contribution in [0, 0.1) is 23.2 Å². The van der Waals surface area contributed by atoms with Gasteiger partial charge in [-0.15, -0.1) is 0 Å². The van der Waals surface area contributed by atoms with Crippen LogP contribution < -0.4 is 0 Å².